The number of sulfonamides is 1. The zero-order valence-corrected chi connectivity index (χ0v) is 14.4. The molecule has 0 heterocycles. The minimum Gasteiger partial charge on any atom is -0.508 e. The standard InChI is InChI=1S/C17H19NO5S/c1-10-8-11(2)16(12(3)9-10)24(22,23)18-15(17(20)21)13-4-6-14(19)7-5-13/h4-9,15,18-19H,1-3H3,(H,20,21)/t15-/m1/s1. The molecule has 0 bridgehead atoms. The van der Waals surface area contributed by atoms with Gasteiger partial charge in [-0.25, -0.2) is 8.42 Å². The summed E-state index contributed by atoms with van der Waals surface area (Å²) in [5.74, 6) is -1.36. The van der Waals surface area contributed by atoms with Crippen LogP contribution < -0.4 is 4.72 Å². The highest BCUT2D eigenvalue weighted by atomic mass is 32.2. The van der Waals surface area contributed by atoms with E-state index < -0.39 is 22.0 Å². The molecule has 2 rings (SSSR count). The Balaban J connectivity index is 2.46. The van der Waals surface area contributed by atoms with E-state index in [9.17, 15) is 23.4 Å². The average Bonchev–Trinajstić information content (AvgIpc) is 2.44. The Morgan fingerprint density at radius 2 is 1.54 bits per heavy atom. The molecule has 0 saturated heterocycles. The quantitative estimate of drug-likeness (QED) is 0.769. The highest BCUT2D eigenvalue weighted by Gasteiger charge is 2.29. The van der Waals surface area contributed by atoms with Gasteiger partial charge >= 0.3 is 5.97 Å². The highest BCUT2D eigenvalue weighted by molar-refractivity contribution is 7.89. The molecule has 128 valence electrons. The van der Waals surface area contributed by atoms with Gasteiger partial charge in [0.05, 0.1) is 4.90 Å². The van der Waals surface area contributed by atoms with Crippen LogP contribution in [0.4, 0.5) is 0 Å². The molecule has 2 aromatic carbocycles. The van der Waals surface area contributed by atoms with Crippen LogP contribution in [0.25, 0.3) is 0 Å². The summed E-state index contributed by atoms with van der Waals surface area (Å²) < 4.78 is 27.7. The normalized spacial score (nSPS) is 12.8. The third-order valence-electron chi connectivity index (χ3n) is 3.62. The molecule has 0 radical (unpaired) electrons. The largest absolute Gasteiger partial charge is 0.508 e. The molecule has 0 aliphatic carbocycles. The highest BCUT2D eigenvalue weighted by Crippen LogP contribution is 2.25. The molecule has 6 nitrogen and oxygen atoms in total. The van der Waals surface area contributed by atoms with E-state index >= 15 is 0 Å². The van der Waals surface area contributed by atoms with Crippen molar-refractivity contribution in [3.63, 3.8) is 0 Å². The number of hydrogen-bond acceptors (Lipinski definition) is 4. The maximum atomic E-state index is 12.7. The van der Waals surface area contributed by atoms with Crippen LogP contribution in [0.1, 0.15) is 28.3 Å². The van der Waals surface area contributed by atoms with Crippen LogP contribution in [0, 0.1) is 20.8 Å². The van der Waals surface area contributed by atoms with Gasteiger partial charge in [0.15, 0.2) is 0 Å². The van der Waals surface area contributed by atoms with Gasteiger partial charge in [0, 0.05) is 0 Å². The monoisotopic (exact) mass is 349 g/mol. The van der Waals surface area contributed by atoms with Gasteiger partial charge in [0.1, 0.15) is 11.8 Å². The second-order valence-electron chi connectivity index (χ2n) is 5.71. The van der Waals surface area contributed by atoms with E-state index in [1.54, 1.807) is 26.0 Å². The van der Waals surface area contributed by atoms with Crippen LogP contribution >= 0.6 is 0 Å². The minimum absolute atomic E-state index is 0.0315. The molecule has 24 heavy (non-hydrogen) atoms. The first-order valence-electron chi connectivity index (χ1n) is 7.24. The van der Waals surface area contributed by atoms with Gasteiger partial charge in [0.25, 0.3) is 0 Å². The maximum Gasteiger partial charge on any atom is 0.326 e. The predicted molar refractivity (Wildman–Crippen MR) is 89.5 cm³/mol. The Kier molecular flexibility index (Phi) is 4.96. The smallest absolute Gasteiger partial charge is 0.326 e. The number of nitrogens with one attached hydrogen (secondary N) is 1. The number of hydrogen-bond donors (Lipinski definition) is 3. The van der Waals surface area contributed by atoms with Crippen LogP contribution in [-0.2, 0) is 14.8 Å². The molecule has 0 amide bonds. The van der Waals surface area contributed by atoms with Gasteiger partial charge in [-0.15, -0.1) is 0 Å². The summed E-state index contributed by atoms with van der Waals surface area (Å²) in [6.07, 6.45) is 0. The summed E-state index contributed by atoms with van der Waals surface area (Å²) in [7, 11) is -4.03. The van der Waals surface area contributed by atoms with Crippen molar-refractivity contribution in [2.45, 2.75) is 31.7 Å². The summed E-state index contributed by atoms with van der Waals surface area (Å²) in [4.78, 5) is 11.6. The van der Waals surface area contributed by atoms with E-state index in [-0.39, 0.29) is 16.2 Å². The first-order valence-corrected chi connectivity index (χ1v) is 8.72. The summed E-state index contributed by atoms with van der Waals surface area (Å²) in [5, 5.41) is 18.7. The Labute approximate surface area is 140 Å². The number of benzene rings is 2. The lowest BCUT2D eigenvalue weighted by Crippen LogP contribution is -2.34. The fourth-order valence-electron chi connectivity index (χ4n) is 2.73. The summed E-state index contributed by atoms with van der Waals surface area (Å²) in [6.45, 7) is 5.20. The number of phenols is 1. The molecular formula is C17H19NO5S. The first-order chi connectivity index (χ1) is 11.1. The zero-order chi connectivity index (χ0) is 18.1. The van der Waals surface area contributed by atoms with E-state index in [1.165, 1.54) is 24.3 Å². The van der Waals surface area contributed by atoms with Gasteiger partial charge in [-0.1, -0.05) is 29.8 Å². The molecule has 0 saturated carbocycles. The van der Waals surface area contributed by atoms with E-state index in [0.29, 0.717) is 11.1 Å². The van der Waals surface area contributed by atoms with Crippen LogP contribution in [-0.4, -0.2) is 24.6 Å². The van der Waals surface area contributed by atoms with Crippen LogP contribution in [0.15, 0.2) is 41.3 Å². The molecule has 0 fully saturated rings. The van der Waals surface area contributed by atoms with Crippen molar-refractivity contribution >= 4 is 16.0 Å². The SMILES string of the molecule is Cc1cc(C)c(S(=O)(=O)N[C@@H](C(=O)O)c2ccc(O)cc2)c(C)c1. The molecule has 7 heteroatoms. The fraction of sp³-hybridized carbons (Fsp3) is 0.235. The number of phenolic OH excluding ortho intramolecular Hbond substituents is 1. The van der Waals surface area contributed by atoms with Gasteiger partial charge in [-0.3, -0.25) is 4.79 Å². The Bertz CT molecular complexity index is 849. The van der Waals surface area contributed by atoms with Gasteiger partial charge < -0.3 is 10.2 Å². The minimum atomic E-state index is -4.03. The molecular weight excluding hydrogens is 330 g/mol. The van der Waals surface area contributed by atoms with Crippen molar-refractivity contribution in [1.82, 2.24) is 4.72 Å². The summed E-state index contributed by atoms with van der Waals surface area (Å²) >= 11 is 0. The molecule has 0 aliphatic rings. The van der Waals surface area contributed by atoms with E-state index in [0.717, 1.165) is 5.56 Å². The van der Waals surface area contributed by atoms with Gasteiger partial charge in [-0.05, 0) is 49.6 Å². The van der Waals surface area contributed by atoms with Crippen molar-refractivity contribution in [1.29, 1.82) is 0 Å². The van der Waals surface area contributed by atoms with E-state index in [4.69, 9.17) is 0 Å². The number of aryl methyl sites for hydroxylation is 3. The number of carboxylic acids is 1. The molecule has 0 aliphatic heterocycles. The number of carboxylic acid groups (broad SMARTS) is 1. The van der Waals surface area contributed by atoms with E-state index in [2.05, 4.69) is 4.72 Å². The van der Waals surface area contributed by atoms with E-state index in [1.807, 2.05) is 6.92 Å². The zero-order valence-electron chi connectivity index (χ0n) is 13.6. The Hall–Kier alpha value is -2.38. The molecule has 0 unspecified atom stereocenters. The summed E-state index contributed by atoms with van der Waals surface area (Å²) in [5.41, 5.74) is 2.26. The van der Waals surface area contributed by atoms with Crippen LogP contribution in [0.3, 0.4) is 0 Å². The second-order valence-corrected chi connectivity index (χ2v) is 7.36. The average molecular weight is 349 g/mol. The van der Waals surface area contributed by atoms with Gasteiger partial charge in [0.2, 0.25) is 10.0 Å². The summed E-state index contributed by atoms with van der Waals surface area (Å²) in [6, 6.07) is 7.37. The lowest BCUT2D eigenvalue weighted by Gasteiger charge is -2.18. The molecule has 0 spiro atoms. The Morgan fingerprint density at radius 1 is 1.04 bits per heavy atom. The Morgan fingerprint density at radius 3 is 2.00 bits per heavy atom. The molecule has 0 aromatic heterocycles. The van der Waals surface area contributed by atoms with Crippen molar-refractivity contribution in [2.24, 2.45) is 0 Å². The molecule has 1 atom stereocenters. The van der Waals surface area contributed by atoms with Crippen molar-refractivity contribution in [3.05, 3.63) is 58.7 Å². The van der Waals surface area contributed by atoms with Gasteiger partial charge in [-0.2, -0.15) is 4.72 Å². The number of aromatic hydroxyl groups is 1. The van der Waals surface area contributed by atoms with Crippen LogP contribution in [0.5, 0.6) is 5.75 Å². The topological polar surface area (TPSA) is 104 Å². The molecule has 3 N–H and O–H groups in total. The first kappa shape index (κ1) is 18.0. The van der Waals surface area contributed by atoms with Crippen molar-refractivity contribution in [2.75, 3.05) is 0 Å². The fourth-order valence-corrected chi connectivity index (χ4v) is 4.36. The third-order valence-corrected chi connectivity index (χ3v) is 5.35. The lowest BCUT2D eigenvalue weighted by molar-refractivity contribution is -0.139. The van der Waals surface area contributed by atoms with Crippen molar-refractivity contribution < 1.29 is 23.4 Å². The predicted octanol–water partition coefficient (Wildman–Crippen LogP) is 2.42. The number of carbonyl (C=O) groups is 1. The van der Waals surface area contributed by atoms with Crippen molar-refractivity contribution in [3.8, 4) is 5.75 Å². The maximum absolute atomic E-state index is 12.7. The van der Waals surface area contributed by atoms with Crippen LogP contribution in [0.2, 0.25) is 0 Å². The number of aliphatic carboxylic acids is 1. The lowest BCUT2D eigenvalue weighted by atomic mass is 10.1. The molecule has 2 aromatic rings. The third kappa shape index (κ3) is 3.74. The second kappa shape index (κ2) is 6.62. The number of rotatable bonds is 5.